The minimum atomic E-state index is -3.45. The van der Waals surface area contributed by atoms with Gasteiger partial charge in [-0.15, -0.1) is 12.4 Å². The Kier molecular flexibility index (Phi) is 7.41. The molecule has 1 unspecified atom stereocenters. The predicted molar refractivity (Wildman–Crippen MR) is 109 cm³/mol. The van der Waals surface area contributed by atoms with Gasteiger partial charge in [0.05, 0.1) is 16.2 Å². The molecule has 2 aromatic rings. The number of carbonyl (C=O) groups is 1. The van der Waals surface area contributed by atoms with Crippen molar-refractivity contribution in [2.24, 2.45) is 0 Å². The first-order chi connectivity index (χ1) is 12.5. The fourth-order valence-electron chi connectivity index (χ4n) is 3.37. The highest BCUT2D eigenvalue weighted by atomic mass is 35.5. The van der Waals surface area contributed by atoms with Crippen molar-refractivity contribution in [3.8, 4) is 0 Å². The largest absolute Gasteiger partial charge is 0.350 e. The number of hydrogen-bond acceptors (Lipinski definition) is 4. The quantitative estimate of drug-likeness (QED) is 0.770. The van der Waals surface area contributed by atoms with Crippen LogP contribution in [-0.4, -0.2) is 33.2 Å². The third-order valence-electron chi connectivity index (χ3n) is 4.62. The summed E-state index contributed by atoms with van der Waals surface area (Å²) in [7, 11) is -3.45. The zero-order valence-corrected chi connectivity index (χ0v) is 16.9. The zero-order chi connectivity index (χ0) is 18.6. The molecule has 0 saturated carbocycles. The summed E-state index contributed by atoms with van der Waals surface area (Å²) in [5, 5.41) is 6.31. The first kappa shape index (κ1) is 21.4. The summed E-state index contributed by atoms with van der Waals surface area (Å²) in [6.07, 6.45) is 1.49. The van der Waals surface area contributed by atoms with Gasteiger partial charge in [-0.25, -0.2) is 8.42 Å². The highest BCUT2D eigenvalue weighted by molar-refractivity contribution is 7.91. The van der Waals surface area contributed by atoms with Crippen molar-refractivity contribution >= 4 is 28.2 Å². The molecule has 146 valence electrons. The number of hydrogen-bond donors (Lipinski definition) is 2. The first-order valence-corrected chi connectivity index (χ1v) is 10.6. The maximum atomic E-state index is 12.7. The number of nitrogens with one attached hydrogen (secondary N) is 2. The summed E-state index contributed by atoms with van der Waals surface area (Å²) in [4.78, 5) is 12.8. The van der Waals surface area contributed by atoms with Crippen molar-refractivity contribution in [2.45, 2.75) is 30.7 Å². The minimum Gasteiger partial charge on any atom is -0.350 e. The number of halogens is 1. The van der Waals surface area contributed by atoms with Gasteiger partial charge in [-0.05, 0) is 42.6 Å². The summed E-state index contributed by atoms with van der Waals surface area (Å²) in [5.74, 6) is -0.320. The van der Waals surface area contributed by atoms with Gasteiger partial charge in [-0.3, -0.25) is 4.79 Å². The van der Waals surface area contributed by atoms with Crippen LogP contribution in [0.2, 0.25) is 0 Å². The molecule has 1 aliphatic rings. The Balaban J connectivity index is 0.00000261. The van der Waals surface area contributed by atoms with Gasteiger partial charge in [0.2, 0.25) is 0 Å². The number of benzene rings is 2. The second kappa shape index (κ2) is 9.35. The molecule has 0 radical (unpaired) electrons. The molecule has 0 bridgehead atoms. The van der Waals surface area contributed by atoms with E-state index in [1.807, 2.05) is 19.1 Å². The molecule has 0 aromatic heterocycles. The molecule has 1 atom stereocenters. The maximum absolute atomic E-state index is 12.7. The molecule has 7 heteroatoms. The number of rotatable bonds is 6. The lowest BCUT2D eigenvalue weighted by Gasteiger charge is -2.27. The van der Waals surface area contributed by atoms with Gasteiger partial charge in [0.1, 0.15) is 0 Å². The van der Waals surface area contributed by atoms with Crippen LogP contribution in [0.3, 0.4) is 0 Å². The van der Waals surface area contributed by atoms with E-state index in [-0.39, 0.29) is 40.6 Å². The zero-order valence-electron chi connectivity index (χ0n) is 15.3. The van der Waals surface area contributed by atoms with E-state index < -0.39 is 9.84 Å². The molecule has 27 heavy (non-hydrogen) atoms. The molecule has 1 heterocycles. The molecular weight excluding hydrogens is 384 g/mol. The Morgan fingerprint density at radius 2 is 1.85 bits per heavy atom. The summed E-state index contributed by atoms with van der Waals surface area (Å²) in [5.41, 5.74) is 2.69. The van der Waals surface area contributed by atoms with E-state index >= 15 is 0 Å². The third-order valence-corrected chi connectivity index (χ3v) is 6.59. The lowest BCUT2D eigenvalue weighted by molar-refractivity contribution is 0.0946. The normalized spacial score (nSPS) is 16.1. The molecule has 0 saturated heterocycles. The van der Waals surface area contributed by atoms with E-state index in [1.54, 1.807) is 18.2 Å². The molecule has 2 aromatic carbocycles. The Bertz CT molecular complexity index is 900. The topological polar surface area (TPSA) is 75.3 Å². The lowest BCUT2D eigenvalue weighted by atomic mass is 9.94. The van der Waals surface area contributed by atoms with Crippen LogP contribution in [0.25, 0.3) is 0 Å². The molecule has 3 rings (SSSR count). The summed E-state index contributed by atoms with van der Waals surface area (Å²) >= 11 is 0. The Labute approximate surface area is 166 Å². The molecule has 0 fully saturated rings. The molecule has 0 aliphatic carbocycles. The van der Waals surface area contributed by atoms with Gasteiger partial charge in [0.15, 0.2) is 9.84 Å². The smallest absolute Gasteiger partial charge is 0.252 e. The van der Waals surface area contributed by atoms with Gasteiger partial charge < -0.3 is 10.6 Å². The van der Waals surface area contributed by atoms with Gasteiger partial charge in [0, 0.05) is 12.6 Å². The summed E-state index contributed by atoms with van der Waals surface area (Å²) in [6.45, 7) is 3.09. The minimum absolute atomic E-state index is 0. The predicted octanol–water partition coefficient (Wildman–Crippen LogP) is 2.91. The Morgan fingerprint density at radius 3 is 2.63 bits per heavy atom. The van der Waals surface area contributed by atoms with Gasteiger partial charge >= 0.3 is 0 Å². The molecule has 0 spiro atoms. The van der Waals surface area contributed by atoms with Crippen LogP contribution in [0, 0.1) is 0 Å². The van der Waals surface area contributed by atoms with Gasteiger partial charge in [0.25, 0.3) is 5.91 Å². The van der Waals surface area contributed by atoms with Crippen LogP contribution in [0.1, 0.15) is 40.9 Å². The van der Waals surface area contributed by atoms with Crippen molar-refractivity contribution < 1.29 is 13.2 Å². The van der Waals surface area contributed by atoms with Crippen molar-refractivity contribution in [2.75, 3.05) is 18.8 Å². The Hall–Kier alpha value is -1.89. The Morgan fingerprint density at radius 1 is 1.15 bits per heavy atom. The van der Waals surface area contributed by atoms with E-state index in [0.717, 1.165) is 13.0 Å². The number of carbonyl (C=O) groups excluding carboxylic acids is 1. The number of sulfone groups is 1. The van der Waals surface area contributed by atoms with E-state index in [1.165, 1.54) is 17.2 Å². The number of amides is 1. The van der Waals surface area contributed by atoms with Crippen LogP contribution < -0.4 is 10.6 Å². The van der Waals surface area contributed by atoms with Crippen LogP contribution in [-0.2, 0) is 16.3 Å². The van der Waals surface area contributed by atoms with E-state index in [4.69, 9.17) is 0 Å². The van der Waals surface area contributed by atoms with E-state index in [0.29, 0.717) is 13.0 Å². The average Bonchev–Trinajstić information content (AvgIpc) is 2.66. The van der Waals surface area contributed by atoms with Crippen molar-refractivity contribution in [3.63, 3.8) is 0 Å². The highest BCUT2D eigenvalue weighted by Crippen LogP contribution is 2.22. The van der Waals surface area contributed by atoms with Crippen LogP contribution >= 0.6 is 12.4 Å². The molecule has 1 aliphatic heterocycles. The molecular formula is C20H25ClN2O3S. The van der Waals surface area contributed by atoms with Crippen molar-refractivity contribution in [1.29, 1.82) is 0 Å². The fraction of sp³-hybridized carbons (Fsp3) is 0.350. The maximum Gasteiger partial charge on any atom is 0.252 e. The standard InChI is InChI=1S/C20H24N2O3S.ClH/c1-2-13-26(24,25)19-10-6-5-9-17(19)20(23)22-14-18-16-8-4-3-7-15(16)11-12-21-18;/h3-10,18,21H,2,11-14H2,1H3,(H,22,23);1H. The van der Waals surface area contributed by atoms with Crippen LogP contribution in [0.4, 0.5) is 0 Å². The monoisotopic (exact) mass is 408 g/mol. The molecule has 1 amide bonds. The third kappa shape index (κ3) is 4.89. The molecule has 2 N–H and O–H groups in total. The highest BCUT2D eigenvalue weighted by Gasteiger charge is 2.23. The van der Waals surface area contributed by atoms with Gasteiger partial charge in [-0.2, -0.15) is 0 Å². The summed E-state index contributed by atoms with van der Waals surface area (Å²) < 4.78 is 24.9. The van der Waals surface area contributed by atoms with Crippen LogP contribution in [0.15, 0.2) is 53.4 Å². The van der Waals surface area contributed by atoms with E-state index in [2.05, 4.69) is 22.8 Å². The second-order valence-corrected chi connectivity index (χ2v) is 8.56. The SMILES string of the molecule is CCCS(=O)(=O)c1ccccc1C(=O)NCC1NCCc2ccccc21.Cl. The fourth-order valence-corrected chi connectivity index (χ4v) is 4.91. The number of fused-ring (bicyclic) bond motifs is 1. The second-order valence-electron chi connectivity index (χ2n) is 6.48. The summed E-state index contributed by atoms with van der Waals surface area (Å²) in [6, 6.07) is 14.6. The van der Waals surface area contributed by atoms with E-state index in [9.17, 15) is 13.2 Å². The van der Waals surface area contributed by atoms with Crippen molar-refractivity contribution in [3.05, 3.63) is 65.2 Å². The average molecular weight is 409 g/mol. The van der Waals surface area contributed by atoms with Crippen LogP contribution in [0.5, 0.6) is 0 Å². The molecule has 5 nitrogen and oxygen atoms in total. The van der Waals surface area contributed by atoms with Gasteiger partial charge in [-0.1, -0.05) is 43.3 Å². The lowest BCUT2D eigenvalue weighted by Crippen LogP contribution is -2.39. The van der Waals surface area contributed by atoms with Crippen molar-refractivity contribution in [1.82, 2.24) is 10.6 Å². The first-order valence-electron chi connectivity index (χ1n) is 8.94.